The molecule has 3 nitrogen and oxygen atoms in total. The topological polar surface area (TPSA) is 46.3 Å². The van der Waals surface area contributed by atoms with Gasteiger partial charge in [0.15, 0.2) is 0 Å². The third kappa shape index (κ3) is 3.80. The van der Waals surface area contributed by atoms with Crippen LogP contribution in [0.2, 0.25) is 0 Å². The molecule has 0 saturated carbocycles. The van der Waals surface area contributed by atoms with E-state index in [0.29, 0.717) is 12.3 Å². The molecule has 1 aliphatic heterocycles. The van der Waals surface area contributed by atoms with Crippen LogP contribution in [-0.2, 0) is 11.2 Å². The van der Waals surface area contributed by atoms with Crippen LogP contribution in [0.1, 0.15) is 30.9 Å². The number of piperidine rings is 1. The highest BCUT2D eigenvalue weighted by Gasteiger charge is 2.27. The number of nitrogens with two attached hydrogens (primary N) is 1. The van der Waals surface area contributed by atoms with Crippen molar-refractivity contribution in [1.82, 2.24) is 4.90 Å². The van der Waals surface area contributed by atoms with Gasteiger partial charge < -0.3 is 10.6 Å². The average Bonchev–Trinajstić information content (AvgIpc) is 2.40. The molecule has 2 atom stereocenters. The van der Waals surface area contributed by atoms with Gasteiger partial charge in [-0.25, -0.2) is 0 Å². The molecule has 3 heteroatoms. The van der Waals surface area contributed by atoms with E-state index in [0.717, 1.165) is 25.9 Å². The van der Waals surface area contributed by atoms with Crippen LogP contribution in [0, 0.1) is 12.8 Å². The molecule has 1 fully saturated rings. The van der Waals surface area contributed by atoms with Crippen molar-refractivity contribution in [1.29, 1.82) is 0 Å². The second kappa shape index (κ2) is 6.20. The molecule has 2 N–H and O–H groups in total. The van der Waals surface area contributed by atoms with Crippen LogP contribution in [0.4, 0.5) is 0 Å². The van der Waals surface area contributed by atoms with Gasteiger partial charge in [0.05, 0.1) is 0 Å². The van der Waals surface area contributed by atoms with E-state index in [9.17, 15) is 4.79 Å². The van der Waals surface area contributed by atoms with Crippen molar-refractivity contribution in [3.8, 4) is 0 Å². The fourth-order valence-electron chi connectivity index (χ4n) is 2.88. The maximum atomic E-state index is 11.8. The lowest BCUT2D eigenvalue weighted by Gasteiger charge is -2.36. The number of aryl methyl sites for hydroxylation is 1. The predicted molar refractivity (Wildman–Crippen MR) is 77.8 cm³/mol. The first-order chi connectivity index (χ1) is 9.08. The summed E-state index contributed by atoms with van der Waals surface area (Å²) in [5.74, 6) is 0.714. The molecule has 2 rings (SSSR count). The Balaban J connectivity index is 1.99. The maximum Gasteiger partial charge on any atom is 0.222 e. The SMILES string of the molecule is CCC(=O)N1CC(N)CC(Cc2ccc(C)cc2)C1. The number of benzene rings is 1. The third-order valence-electron chi connectivity index (χ3n) is 3.87. The van der Waals surface area contributed by atoms with Crippen LogP contribution < -0.4 is 5.73 Å². The summed E-state index contributed by atoms with van der Waals surface area (Å²) in [6, 6.07) is 8.78. The molecule has 1 aromatic rings. The first-order valence-corrected chi connectivity index (χ1v) is 7.17. The van der Waals surface area contributed by atoms with E-state index in [1.54, 1.807) is 0 Å². The Morgan fingerprint density at radius 1 is 1.32 bits per heavy atom. The van der Waals surface area contributed by atoms with E-state index in [1.165, 1.54) is 11.1 Å². The summed E-state index contributed by atoms with van der Waals surface area (Å²) in [4.78, 5) is 13.8. The number of nitrogens with zero attached hydrogens (tertiary/aromatic N) is 1. The average molecular weight is 260 g/mol. The molecule has 1 aromatic carbocycles. The van der Waals surface area contributed by atoms with Gasteiger partial charge in [-0.05, 0) is 31.2 Å². The normalized spacial score (nSPS) is 23.4. The highest BCUT2D eigenvalue weighted by molar-refractivity contribution is 5.76. The summed E-state index contributed by atoms with van der Waals surface area (Å²) >= 11 is 0. The van der Waals surface area contributed by atoms with Crippen molar-refractivity contribution in [3.05, 3.63) is 35.4 Å². The van der Waals surface area contributed by atoms with E-state index in [4.69, 9.17) is 5.73 Å². The van der Waals surface area contributed by atoms with Gasteiger partial charge in [0, 0.05) is 25.6 Å². The summed E-state index contributed by atoms with van der Waals surface area (Å²) < 4.78 is 0. The van der Waals surface area contributed by atoms with Crippen molar-refractivity contribution in [3.63, 3.8) is 0 Å². The molecule has 2 unspecified atom stereocenters. The van der Waals surface area contributed by atoms with Crippen LogP contribution in [-0.4, -0.2) is 29.9 Å². The zero-order valence-electron chi connectivity index (χ0n) is 11.9. The van der Waals surface area contributed by atoms with Gasteiger partial charge >= 0.3 is 0 Å². The quantitative estimate of drug-likeness (QED) is 0.905. The predicted octanol–water partition coefficient (Wildman–Crippen LogP) is 2.12. The zero-order valence-corrected chi connectivity index (χ0v) is 11.9. The number of hydrogen-bond donors (Lipinski definition) is 1. The van der Waals surface area contributed by atoms with Crippen molar-refractivity contribution in [2.45, 2.75) is 39.2 Å². The largest absolute Gasteiger partial charge is 0.341 e. The van der Waals surface area contributed by atoms with E-state index in [-0.39, 0.29) is 11.9 Å². The lowest BCUT2D eigenvalue weighted by molar-refractivity contribution is -0.133. The zero-order chi connectivity index (χ0) is 13.8. The van der Waals surface area contributed by atoms with Gasteiger partial charge in [0.1, 0.15) is 0 Å². The van der Waals surface area contributed by atoms with Gasteiger partial charge in [-0.15, -0.1) is 0 Å². The van der Waals surface area contributed by atoms with E-state index >= 15 is 0 Å². The van der Waals surface area contributed by atoms with Crippen LogP contribution in [0.5, 0.6) is 0 Å². The minimum absolute atomic E-state index is 0.125. The summed E-state index contributed by atoms with van der Waals surface area (Å²) in [5.41, 5.74) is 8.72. The molecule has 0 aliphatic carbocycles. The summed E-state index contributed by atoms with van der Waals surface area (Å²) in [6.45, 7) is 5.59. The summed E-state index contributed by atoms with van der Waals surface area (Å²) in [6.07, 6.45) is 2.60. The fraction of sp³-hybridized carbons (Fsp3) is 0.562. The molecule has 0 aromatic heterocycles. The van der Waals surface area contributed by atoms with Crippen LogP contribution in [0.3, 0.4) is 0 Å². The van der Waals surface area contributed by atoms with Crippen molar-refractivity contribution in [2.24, 2.45) is 11.7 Å². The molecule has 1 heterocycles. The maximum absolute atomic E-state index is 11.8. The molecular formula is C16H24N2O. The second-order valence-electron chi connectivity index (χ2n) is 5.70. The van der Waals surface area contributed by atoms with Gasteiger partial charge in [0.25, 0.3) is 0 Å². The Labute approximate surface area is 115 Å². The van der Waals surface area contributed by atoms with E-state index < -0.39 is 0 Å². The number of likely N-dealkylation sites (tertiary alicyclic amines) is 1. The lowest BCUT2D eigenvalue weighted by Crippen LogP contribution is -2.49. The number of hydrogen-bond acceptors (Lipinski definition) is 2. The number of rotatable bonds is 3. The molecule has 19 heavy (non-hydrogen) atoms. The summed E-state index contributed by atoms with van der Waals surface area (Å²) in [5, 5.41) is 0. The molecule has 0 radical (unpaired) electrons. The van der Waals surface area contributed by atoms with Gasteiger partial charge in [-0.2, -0.15) is 0 Å². The van der Waals surface area contributed by atoms with Crippen LogP contribution in [0.15, 0.2) is 24.3 Å². The highest BCUT2D eigenvalue weighted by atomic mass is 16.2. The number of carbonyl (C=O) groups is 1. The Kier molecular flexibility index (Phi) is 4.59. The molecule has 0 spiro atoms. The standard InChI is InChI=1S/C16H24N2O/c1-3-16(19)18-10-14(9-15(17)11-18)8-13-6-4-12(2)5-7-13/h4-7,14-15H,3,8-11,17H2,1-2H3. The second-order valence-corrected chi connectivity index (χ2v) is 5.70. The smallest absolute Gasteiger partial charge is 0.222 e. The number of carbonyl (C=O) groups excluding carboxylic acids is 1. The number of amides is 1. The fourth-order valence-corrected chi connectivity index (χ4v) is 2.88. The van der Waals surface area contributed by atoms with E-state index in [1.807, 2.05) is 11.8 Å². The van der Waals surface area contributed by atoms with Gasteiger partial charge in [-0.3, -0.25) is 4.79 Å². The minimum Gasteiger partial charge on any atom is -0.341 e. The Morgan fingerprint density at radius 3 is 2.63 bits per heavy atom. The van der Waals surface area contributed by atoms with Crippen LogP contribution in [0.25, 0.3) is 0 Å². The van der Waals surface area contributed by atoms with Crippen LogP contribution >= 0.6 is 0 Å². The summed E-state index contributed by atoms with van der Waals surface area (Å²) in [7, 11) is 0. The van der Waals surface area contributed by atoms with E-state index in [2.05, 4.69) is 31.2 Å². The molecule has 1 amide bonds. The van der Waals surface area contributed by atoms with Crippen molar-refractivity contribution in [2.75, 3.05) is 13.1 Å². The Hall–Kier alpha value is -1.35. The molecule has 1 aliphatic rings. The first kappa shape index (κ1) is 14.1. The van der Waals surface area contributed by atoms with Gasteiger partial charge in [-0.1, -0.05) is 36.8 Å². The lowest BCUT2D eigenvalue weighted by atomic mass is 9.88. The Morgan fingerprint density at radius 2 is 2.00 bits per heavy atom. The third-order valence-corrected chi connectivity index (χ3v) is 3.87. The molecule has 1 saturated heterocycles. The molecular weight excluding hydrogens is 236 g/mol. The van der Waals surface area contributed by atoms with Crippen molar-refractivity contribution < 1.29 is 4.79 Å². The molecule has 0 bridgehead atoms. The first-order valence-electron chi connectivity index (χ1n) is 7.17. The molecule has 104 valence electrons. The minimum atomic E-state index is 0.125. The highest BCUT2D eigenvalue weighted by Crippen LogP contribution is 2.21. The Bertz CT molecular complexity index is 427. The van der Waals surface area contributed by atoms with Crippen molar-refractivity contribution >= 4 is 5.91 Å². The monoisotopic (exact) mass is 260 g/mol. The van der Waals surface area contributed by atoms with Gasteiger partial charge in [0.2, 0.25) is 5.91 Å².